The number of thiophene rings is 1. The minimum Gasteiger partial charge on any atom is -0.322 e. The number of hydrogen-bond donors (Lipinski definition) is 1. The minimum absolute atomic E-state index is 0.0782. The van der Waals surface area contributed by atoms with Crippen LogP contribution < -0.4 is 5.73 Å². The van der Waals surface area contributed by atoms with Gasteiger partial charge in [0, 0.05) is 4.88 Å². The van der Waals surface area contributed by atoms with Gasteiger partial charge in [-0.05, 0) is 34.5 Å². The second-order valence-corrected chi connectivity index (χ2v) is 5.31. The van der Waals surface area contributed by atoms with Gasteiger partial charge in [-0.1, -0.05) is 6.92 Å². The van der Waals surface area contributed by atoms with E-state index in [1.165, 1.54) is 0 Å². The van der Waals surface area contributed by atoms with Gasteiger partial charge in [-0.15, -0.1) is 11.3 Å². The molecule has 2 nitrogen and oxygen atoms in total. The predicted octanol–water partition coefficient (Wildman–Crippen LogP) is 3.06. The molecular weight excluding hydrogens is 248 g/mol. The van der Waals surface area contributed by atoms with E-state index in [0.717, 1.165) is 15.1 Å². The first kappa shape index (κ1) is 10.7. The Bertz CT molecular complexity index is 316. The number of halogens is 1. The molecule has 0 bridgehead atoms. The lowest BCUT2D eigenvalue weighted by Crippen LogP contribution is -2.18. The fourth-order valence-corrected chi connectivity index (χ4v) is 2.62. The summed E-state index contributed by atoms with van der Waals surface area (Å²) >= 11 is 4.97. The molecule has 0 aliphatic rings. The molecule has 0 fully saturated rings. The Morgan fingerprint density at radius 1 is 1.69 bits per heavy atom. The van der Waals surface area contributed by atoms with E-state index >= 15 is 0 Å². The van der Waals surface area contributed by atoms with Crippen LogP contribution in [0.4, 0.5) is 0 Å². The van der Waals surface area contributed by atoms with Gasteiger partial charge < -0.3 is 5.73 Å². The van der Waals surface area contributed by atoms with Crippen LogP contribution in [0.25, 0.3) is 0 Å². The van der Waals surface area contributed by atoms with Crippen LogP contribution in [0.15, 0.2) is 15.9 Å². The van der Waals surface area contributed by atoms with Crippen molar-refractivity contribution >= 4 is 27.3 Å². The maximum Gasteiger partial charge on any atom is 0.0701 e. The van der Waals surface area contributed by atoms with Crippen LogP contribution in [0.2, 0.25) is 0 Å². The molecule has 2 unspecified atom stereocenters. The largest absolute Gasteiger partial charge is 0.322 e. The zero-order chi connectivity index (χ0) is 9.84. The van der Waals surface area contributed by atoms with Gasteiger partial charge in [0.05, 0.1) is 21.8 Å². The van der Waals surface area contributed by atoms with Crippen LogP contribution in [-0.4, -0.2) is 0 Å². The summed E-state index contributed by atoms with van der Waals surface area (Å²) in [4.78, 5) is 1.07. The molecule has 1 aromatic rings. The average molecular weight is 259 g/mol. The number of nitriles is 1. The van der Waals surface area contributed by atoms with E-state index in [-0.39, 0.29) is 12.0 Å². The van der Waals surface area contributed by atoms with Crippen LogP contribution in [-0.2, 0) is 0 Å². The van der Waals surface area contributed by atoms with Crippen molar-refractivity contribution < 1.29 is 0 Å². The van der Waals surface area contributed by atoms with E-state index in [0.29, 0.717) is 0 Å². The molecule has 0 aromatic carbocycles. The van der Waals surface area contributed by atoms with Gasteiger partial charge in [0.15, 0.2) is 0 Å². The van der Waals surface area contributed by atoms with Crippen molar-refractivity contribution in [1.29, 1.82) is 5.26 Å². The van der Waals surface area contributed by atoms with Gasteiger partial charge in [-0.2, -0.15) is 5.26 Å². The molecule has 1 aromatic heterocycles. The van der Waals surface area contributed by atoms with E-state index < -0.39 is 0 Å². The maximum absolute atomic E-state index is 8.83. The van der Waals surface area contributed by atoms with Gasteiger partial charge in [0.2, 0.25) is 0 Å². The lowest BCUT2D eigenvalue weighted by atomic mass is 9.98. The number of nitrogens with zero attached hydrogens (tertiary/aromatic N) is 1. The maximum atomic E-state index is 8.83. The fourth-order valence-electron chi connectivity index (χ4n) is 1.13. The van der Waals surface area contributed by atoms with E-state index in [1.807, 2.05) is 19.1 Å². The van der Waals surface area contributed by atoms with Crippen LogP contribution >= 0.6 is 27.3 Å². The third-order valence-electron chi connectivity index (χ3n) is 1.96. The van der Waals surface area contributed by atoms with Crippen molar-refractivity contribution in [3.63, 3.8) is 0 Å². The fraction of sp³-hybridized carbons (Fsp3) is 0.444. The molecule has 0 spiro atoms. The summed E-state index contributed by atoms with van der Waals surface area (Å²) in [7, 11) is 0. The van der Waals surface area contributed by atoms with Gasteiger partial charge >= 0.3 is 0 Å². The summed E-state index contributed by atoms with van der Waals surface area (Å²) in [6.45, 7) is 1.98. The van der Waals surface area contributed by atoms with E-state index in [4.69, 9.17) is 11.0 Å². The van der Waals surface area contributed by atoms with Gasteiger partial charge in [-0.25, -0.2) is 0 Å². The highest BCUT2D eigenvalue weighted by molar-refractivity contribution is 9.11. The monoisotopic (exact) mass is 258 g/mol. The van der Waals surface area contributed by atoms with Gasteiger partial charge in [0.25, 0.3) is 0 Å². The van der Waals surface area contributed by atoms with Crippen LogP contribution in [0.5, 0.6) is 0 Å². The third kappa shape index (κ3) is 2.53. The lowest BCUT2D eigenvalue weighted by molar-refractivity contribution is 0.524. The Morgan fingerprint density at radius 2 is 2.38 bits per heavy atom. The van der Waals surface area contributed by atoms with Crippen molar-refractivity contribution in [3.05, 3.63) is 20.8 Å². The van der Waals surface area contributed by atoms with Gasteiger partial charge in [0.1, 0.15) is 0 Å². The summed E-state index contributed by atoms with van der Waals surface area (Å²) in [6, 6.07) is 6.01. The molecule has 0 saturated heterocycles. The molecule has 0 saturated carbocycles. The number of nitrogens with two attached hydrogens (primary N) is 1. The topological polar surface area (TPSA) is 49.8 Å². The lowest BCUT2D eigenvalue weighted by Gasteiger charge is -2.13. The quantitative estimate of drug-likeness (QED) is 0.906. The van der Waals surface area contributed by atoms with Crippen molar-refractivity contribution in [2.75, 3.05) is 0 Å². The highest BCUT2D eigenvalue weighted by Crippen LogP contribution is 2.30. The second kappa shape index (κ2) is 4.75. The Balaban J connectivity index is 2.78. The highest BCUT2D eigenvalue weighted by Gasteiger charge is 2.18. The van der Waals surface area contributed by atoms with Crippen molar-refractivity contribution in [2.45, 2.75) is 19.4 Å². The Hall–Kier alpha value is -0.370. The summed E-state index contributed by atoms with van der Waals surface area (Å²) in [5.41, 5.74) is 5.94. The molecule has 0 radical (unpaired) electrons. The predicted molar refractivity (Wildman–Crippen MR) is 58.3 cm³/mol. The van der Waals surface area contributed by atoms with Crippen LogP contribution in [0.1, 0.15) is 24.3 Å². The van der Waals surface area contributed by atoms with Crippen molar-refractivity contribution in [2.24, 2.45) is 11.7 Å². The summed E-state index contributed by atoms with van der Waals surface area (Å²) < 4.78 is 1.06. The first-order chi connectivity index (χ1) is 6.19. The zero-order valence-electron chi connectivity index (χ0n) is 7.33. The molecule has 1 rings (SSSR count). The van der Waals surface area contributed by atoms with Crippen molar-refractivity contribution in [1.82, 2.24) is 0 Å². The van der Waals surface area contributed by atoms with Crippen molar-refractivity contribution in [3.8, 4) is 6.07 Å². The van der Waals surface area contributed by atoms with E-state index in [9.17, 15) is 0 Å². The average Bonchev–Trinajstić information content (AvgIpc) is 2.54. The van der Waals surface area contributed by atoms with Gasteiger partial charge in [-0.3, -0.25) is 0 Å². The normalized spacial score (nSPS) is 14.9. The first-order valence-corrected chi connectivity index (χ1v) is 5.70. The first-order valence-electron chi connectivity index (χ1n) is 4.09. The Morgan fingerprint density at radius 3 is 2.77 bits per heavy atom. The van der Waals surface area contributed by atoms with Crippen LogP contribution in [0.3, 0.4) is 0 Å². The molecule has 0 aliphatic heterocycles. The molecule has 0 amide bonds. The summed E-state index contributed by atoms with van der Waals surface area (Å²) in [5, 5.41) is 8.83. The molecule has 0 aliphatic carbocycles. The van der Waals surface area contributed by atoms with E-state index in [1.54, 1.807) is 11.3 Å². The Labute approximate surface area is 90.5 Å². The molecule has 70 valence electrons. The molecular formula is C9H11BrN2S. The SMILES string of the molecule is CCC(C#N)C(N)c1ccc(Br)s1. The second-order valence-electron chi connectivity index (χ2n) is 2.81. The molecule has 4 heteroatoms. The zero-order valence-corrected chi connectivity index (χ0v) is 9.73. The van der Waals surface area contributed by atoms with E-state index in [2.05, 4.69) is 22.0 Å². The summed E-state index contributed by atoms with van der Waals surface area (Å²) in [6.07, 6.45) is 0.799. The van der Waals surface area contributed by atoms with Crippen LogP contribution in [0, 0.1) is 17.2 Å². The third-order valence-corrected chi connectivity index (χ3v) is 3.69. The standard InChI is InChI=1S/C9H11BrN2S/c1-2-6(5-11)9(12)7-3-4-8(10)13-7/h3-4,6,9H,2,12H2,1H3. The molecule has 2 N–H and O–H groups in total. The smallest absolute Gasteiger partial charge is 0.0701 e. The molecule has 13 heavy (non-hydrogen) atoms. The molecule has 2 atom stereocenters. The Kier molecular flexibility index (Phi) is 3.91. The minimum atomic E-state index is -0.147. The number of rotatable bonds is 3. The highest BCUT2D eigenvalue weighted by atomic mass is 79.9. The number of hydrogen-bond acceptors (Lipinski definition) is 3. The summed E-state index contributed by atoms with van der Waals surface area (Å²) in [5.74, 6) is -0.0782. The molecule has 1 heterocycles.